The molecule has 150 valence electrons. The Bertz CT molecular complexity index is 962. The van der Waals surface area contributed by atoms with Crippen LogP contribution in [-0.2, 0) is 11.2 Å². The lowest BCUT2D eigenvalue weighted by Gasteiger charge is -2.05. The van der Waals surface area contributed by atoms with Crippen LogP contribution in [0.2, 0.25) is 0 Å². The molecule has 0 atom stereocenters. The van der Waals surface area contributed by atoms with Gasteiger partial charge in [-0.2, -0.15) is 0 Å². The van der Waals surface area contributed by atoms with Gasteiger partial charge in [0, 0.05) is 18.5 Å². The predicted octanol–water partition coefficient (Wildman–Crippen LogP) is 2.54. The molecule has 9 heteroatoms. The molecule has 1 aromatic heterocycles. The molecule has 2 N–H and O–H groups in total. The van der Waals surface area contributed by atoms with Crippen LogP contribution in [0.3, 0.4) is 0 Å². The summed E-state index contributed by atoms with van der Waals surface area (Å²) in [6.07, 6.45) is 0.504. The number of para-hydroxylation sites is 1. The van der Waals surface area contributed by atoms with Crippen LogP contribution in [0.5, 0.6) is 11.5 Å². The molecular formula is C20H20N4O4S. The van der Waals surface area contributed by atoms with E-state index in [1.165, 1.54) is 11.3 Å². The fraction of sp³-hybridized carbons (Fsp3) is 0.200. The minimum Gasteiger partial charge on any atom is -0.497 e. The van der Waals surface area contributed by atoms with E-state index in [9.17, 15) is 9.59 Å². The van der Waals surface area contributed by atoms with Gasteiger partial charge in [0.1, 0.15) is 16.5 Å². The first-order valence-corrected chi connectivity index (χ1v) is 9.68. The first kappa shape index (κ1) is 20.3. The number of carbonyl (C=O) groups is 2. The van der Waals surface area contributed by atoms with Gasteiger partial charge in [-0.1, -0.05) is 35.6 Å². The first-order chi connectivity index (χ1) is 14.1. The number of rotatable bonds is 9. The quantitative estimate of drug-likeness (QED) is 0.560. The molecule has 0 saturated heterocycles. The normalized spacial score (nSPS) is 10.2. The number of ether oxygens (including phenoxy) is 2. The summed E-state index contributed by atoms with van der Waals surface area (Å²) in [7, 11) is 1.55. The fourth-order valence-corrected chi connectivity index (χ4v) is 3.13. The zero-order valence-electron chi connectivity index (χ0n) is 15.8. The Morgan fingerprint density at radius 1 is 1.03 bits per heavy atom. The molecule has 0 fully saturated rings. The van der Waals surface area contributed by atoms with Gasteiger partial charge in [-0.05, 0) is 30.3 Å². The van der Waals surface area contributed by atoms with E-state index in [1.54, 1.807) is 43.5 Å². The van der Waals surface area contributed by atoms with Gasteiger partial charge in [0.05, 0.1) is 7.11 Å². The third-order valence-corrected chi connectivity index (χ3v) is 4.68. The third-order valence-electron chi connectivity index (χ3n) is 3.78. The van der Waals surface area contributed by atoms with Gasteiger partial charge in [-0.15, -0.1) is 10.2 Å². The number of anilines is 1. The van der Waals surface area contributed by atoms with Crippen LogP contribution in [0.15, 0.2) is 54.6 Å². The van der Waals surface area contributed by atoms with Gasteiger partial charge < -0.3 is 14.8 Å². The van der Waals surface area contributed by atoms with Crippen molar-refractivity contribution in [2.45, 2.75) is 6.42 Å². The van der Waals surface area contributed by atoms with E-state index in [1.807, 2.05) is 18.2 Å². The molecule has 0 aliphatic rings. The zero-order valence-corrected chi connectivity index (χ0v) is 16.6. The lowest BCUT2D eigenvalue weighted by Crippen LogP contribution is -2.25. The van der Waals surface area contributed by atoms with Gasteiger partial charge in [0.15, 0.2) is 6.61 Å². The Labute approximate surface area is 171 Å². The number of aromatic nitrogens is 2. The van der Waals surface area contributed by atoms with Crippen molar-refractivity contribution in [3.8, 4) is 11.5 Å². The van der Waals surface area contributed by atoms with Gasteiger partial charge in [-0.3, -0.25) is 14.9 Å². The molecule has 0 spiro atoms. The second-order valence-corrected chi connectivity index (χ2v) is 6.95. The average Bonchev–Trinajstić information content (AvgIpc) is 3.20. The van der Waals surface area contributed by atoms with Gasteiger partial charge in [-0.25, -0.2) is 0 Å². The average molecular weight is 412 g/mol. The maximum Gasteiger partial charge on any atom is 0.264 e. The molecule has 8 nitrogen and oxygen atoms in total. The SMILES string of the molecule is COc1cccc(C(=O)NCCc2nnc(NC(=O)COc3ccccc3)s2)c1. The van der Waals surface area contributed by atoms with Crippen LogP contribution < -0.4 is 20.1 Å². The molecule has 0 unspecified atom stereocenters. The van der Waals surface area contributed by atoms with E-state index in [-0.39, 0.29) is 18.4 Å². The van der Waals surface area contributed by atoms with Crippen LogP contribution in [0.1, 0.15) is 15.4 Å². The van der Waals surface area contributed by atoms with Gasteiger partial charge >= 0.3 is 0 Å². The molecule has 1 heterocycles. The van der Waals surface area contributed by atoms with E-state index >= 15 is 0 Å². The number of benzene rings is 2. The Hall–Kier alpha value is -3.46. The molecule has 2 aromatic carbocycles. The molecule has 29 heavy (non-hydrogen) atoms. The molecular weight excluding hydrogens is 392 g/mol. The zero-order chi connectivity index (χ0) is 20.5. The van der Waals surface area contributed by atoms with Crippen LogP contribution in [0.4, 0.5) is 5.13 Å². The summed E-state index contributed by atoms with van der Waals surface area (Å²) < 4.78 is 10.5. The maximum absolute atomic E-state index is 12.2. The summed E-state index contributed by atoms with van der Waals surface area (Å²) in [5.74, 6) is 0.730. The molecule has 0 bridgehead atoms. The van der Waals surface area contributed by atoms with Crippen molar-refractivity contribution in [2.75, 3.05) is 25.6 Å². The van der Waals surface area contributed by atoms with E-state index in [0.717, 1.165) is 0 Å². The summed E-state index contributed by atoms with van der Waals surface area (Å²) in [6, 6.07) is 16.0. The number of hydrogen-bond donors (Lipinski definition) is 2. The summed E-state index contributed by atoms with van der Waals surface area (Å²) in [6.45, 7) is 0.283. The lowest BCUT2D eigenvalue weighted by molar-refractivity contribution is -0.118. The van der Waals surface area contributed by atoms with Crippen LogP contribution in [-0.4, -0.2) is 42.3 Å². The third kappa shape index (κ3) is 6.28. The summed E-state index contributed by atoms with van der Waals surface area (Å²) in [5.41, 5.74) is 0.521. The smallest absolute Gasteiger partial charge is 0.264 e. The highest BCUT2D eigenvalue weighted by molar-refractivity contribution is 7.15. The molecule has 0 aliphatic carbocycles. The predicted molar refractivity (Wildman–Crippen MR) is 110 cm³/mol. The van der Waals surface area contributed by atoms with Crippen LogP contribution >= 0.6 is 11.3 Å². The standard InChI is InChI=1S/C20H20N4O4S/c1-27-16-9-5-6-14(12-16)19(26)21-11-10-18-23-24-20(29-18)22-17(25)13-28-15-7-3-2-4-8-15/h2-9,12H,10-11,13H2,1H3,(H,21,26)(H,22,24,25). The molecule has 0 saturated carbocycles. The van der Waals surface area contributed by atoms with Crippen LogP contribution in [0.25, 0.3) is 0 Å². The van der Waals surface area contributed by atoms with Crippen molar-refractivity contribution < 1.29 is 19.1 Å². The number of nitrogens with one attached hydrogen (secondary N) is 2. The number of nitrogens with zero attached hydrogens (tertiary/aromatic N) is 2. The van der Waals surface area contributed by atoms with Gasteiger partial charge in [0.25, 0.3) is 11.8 Å². The Kier molecular flexibility index (Phi) is 7.12. The highest BCUT2D eigenvalue weighted by Crippen LogP contribution is 2.16. The van der Waals surface area contributed by atoms with Crippen LogP contribution in [0, 0.1) is 0 Å². The molecule has 2 amide bonds. The highest BCUT2D eigenvalue weighted by Gasteiger charge is 2.10. The number of hydrogen-bond acceptors (Lipinski definition) is 7. The van der Waals surface area contributed by atoms with Crippen molar-refractivity contribution in [1.29, 1.82) is 0 Å². The fourth-order valence-electron chi connectivity index (χ4n) is 2.38. The highest BCUT2D eigenvalue weighted by atomic mass is 32.1. The summed E-state index contributed by atoms with van der Waals surface area (Å²) in [5, 5.41) is 14.5. The van der Waals surface area contributed by atoms with Crippen molar-refractivity contribution in [3.05, 3.63) is 65.2 Å². The van der Waals surface area contributed by atoms with Gasteiger partial charge in [0.2, 0.25) is 5.13 Å². The van der Waals surface area contributed by atoms with E-state index < -0.39 is 0 Å². The minimum absolute atomic E-state index is 0.116. The number of amides is 2. The van der Waals surface area contributed by atoms with Crippen molar-refractivity contribution in [2.24, 2.45) is 0 Å². The van der Waals surface area contributed by atoms with E-state index in [0.29, 0.717) is 40.2 Å². The molecule has 3 aromatic rings. The second kappa shape index (κ2) is 10.2. The Morgan fingerprint density at radius 2 is 1.83 bits per heavy atom. The monoisotopic (exact) mass is 412 g/mol. The largest absolute Gasteiger partial charge is 0.497 e. The first-order valence-electron chi connectivity index (χ1n) is 8.86. The van der Waals surface area contributed by atoms with Crippen molar-refractivity contribution in [1.82, 2.24) is 15.5 Å². The number of carbonyl (C=O) groups excluding carboxylic acids is 2. The minimum atomic E-state index is -0.317. The van der Waals surface area contributed by atoms with Crippen molar-refractivity contribution in [3.63, 3.8) is 0 Å². The molecule has 0 aliphatic heterocycles. The van der Waals surface area contributed by atoms with Crippen molar-refractivity contribution >= 4 is 28.3 Å². The maximum atomic E-state index is 12.2. The lowest BCUT2D eigenvalue weighted by atomic mass is 10.2. The van der Waals surface area contributed by atoms with E-state index in [2.05, 4.69) is 20.8 Å². The topological polar surface area (TPSA) is 102 Å². The Balaban J connectivity index is 1.41. The Morgan fingerprint density at radius 3 is 2.62 bits per heavy atom. The van der Waals surface area contributed by atoms with E-state index in [4.69, 9.17) is 9.47 Å². The summed E-state index contributed by atoms with van der Waals surface area (Å²) >= 11 is 1.26. The molecule has 0 radical (unpaired) electrons. The number of methoxy groups -OCH3 is 1. The second-order valence-electron chi connectivity index (χ2n) is 5.89. The summed E-state index contributed by atoms with van der Waals surface area (Å²) in [4.78, 5) is 24.1. The molecule has 3 rings (SSSR count).